The Morgan fingerprint density at radius 1 is 1.04 bits per heavy atom. The van der Waals surface area contributed by atoms with Crippen molar-refractivity contribution < 1.29 is 18.0 Å². The molecule has 0 aliphatic carbocycles. The van der Waals surface area contributed by atoms with Crippen molar-refractivity contribution in [1.29, 1.82) is 0 Å². The molecule has 25 heavy (non-hydrogen) atoms. The summed E-state index contributed by atoms with van der Waals surface area (Å²) in [6.07, 6.45) is 1.43. The van der Waals surface area contributed by atoms with E-state index in [4.69, 9.17) is 0 Å². The zero-order chi connectivity index (χ0) is 17.8. The maximum Gasteiger partial charge on any atom is 0.273 e. The number of nitrogens with one attached hydrogen (secondary N) is 1. The molecule has 0 spiro atoms. The highest BCUT2D eigenvalue weighted by Crippen LogP contribution is 2.09. The number of carbonyl (C=O) groups excluding carboxylic acids is 1. The molecule has 0 aliphatic heterocycles. The van der Waals surface area contributed by atoms with Gasteiger partial charge in [-0.1, -0.05) is 23.4 Å². The fourth-order valence-electron chi connectivity index (χ4n) is 2.19. The third-order valence-corrected chi connectivity index (χ3v) is 3.48. The summed E-state index contributed by atoms with van der Waals surface area (Å²) in [7, 11) is 0. The van der Waals surface area contributed by atoms with Crippen LogP contribution < -0.4 is 5.32 Å². The van der Waals surface area contributed by atoms with E-state index >= 15 is 0 Å². The number of rotatable bonds is 5. The maximum absolute atomic E-state index is 13.5. The fourth-order valence-corrected chi connectivity index (χ4v) is 2.19. The van der Waals surface area contributed by atoms with Crippen LogP contribution >= 0.6 is 0 Å². The van der Waals surface area contributed by atoms with Gasteiger partial charge in [-0.25, -0.2) is 17.9 Å². The SMILES string of the molecule is O=C(NCc1ccc(F)cc1F)c1cn(Cc2ccc(F)cc2)nn1. The van der Waals surface area contributed by atoms with E-state index in [1.165, 1.54) is 29.1 Å². The molecule has 5 nitrogen and oxygen atoms in total. The summed E-state index contributed by atoms with van der Waals surface area (Å²) in [5.74, 6) is -2.29. The average Bonchev–Trinajstić information content (AvgIpc) is 3.04. The first-order chi connectivity index (χ1) is 12.0. The van der Waals surface area contributed by atoms with Gasteiger partial charge in [-0.2, -0.15) is 0 Å². The summed E-state index contributed by atoms with van der Waals surface area (Å²) in [5.41, 5.74) is 1.02. The van der Waals surface area contributed by atoms with E-state index in [2.05, 4.69) is 15.6 Å². The molecule has 0 saturated heterocycles. The van der Waals surface area contributed by atoms with Crippen LogP contribution in [0.2, 0.25) is 0 Å². The topological polar surface area (TPSA) is 59.8 Å². The van der Waals surface area contributed by atoms with Gasteiger partial charge in [-0.05, 0) is 23.8 Å². The first-order valence-electron chi connectivity index (χ1n) is 7.38. The number of benzene rings is 2. The quantitative estimate of drug-likeness (QED) is 0.773. The molecule has 0 radical (unpaired) electrons. The monoisotopic (exact) mass is 346 g/mol. The summed E-state index contributed by atoms with van der Waals surface area (Å²) in [6, 6.07) is 9.00. The Balaban J connectivity index is 1.61. The summed E-state index contributed by atoms with van der Waals surface area (Å²) in [6.45, 7) is 0.225. The zero-order valence-electron chi connectivity index (χ0n) is 12.9. The Hall–Kier alpha value is -3.16. The van der Waals surface area contributed by atoms with Crippen LogP contribution in [0.1, 0.15) is 21.6 Å². The Bertz CT molecular complexity index is 893. The van der Waals surface area contributed by atoms with E-state index < -0.39 is 17.5 Å². The molecular weight excluding hydrogens is 333 g/mol. The van der Waals surface area contributed by atoms with Crippen molar-refractivity contribution in [3.05, 3.63) is 82.9 Å². The summed E-state index contributed by atoms with van der Waals surface area (Å²) in [5, 5.41) is 10.1. The highest BCUT2D eigenvalue weighted by Gasteiger charge is 2.12. The second kappa shape index (κ2) is 7.16. The molecule has 0 unspecified atom stereocenters. The van der Waals surface area contributed by atoms with E-state index in [1.807, 2.05) is 0 Å². The van der Waals surface area contributed by atoms with Crippen LogP contribution in [0, 0.1) is 17.5 Å². The normalized spacial score (nSPS) is 10.7. The van der Waals surface area contributed by atoms with Gasteiger partial charge in [0.1, 0.15) is 17.5 Å². The first kappa shape index (κ1) is 16.7. The standard InChI is InChI=1S/C17H13F3N4O/c18-13-4-1-11(2-5-13)9-24-10-16(22-23-24)17(25)21-8-12-3-6-14(19)7-15(12)20/h1-7,10H,8-9H2,(H,21,25). The Labute approximate surface area is 141 Å². The number of aromatic nitrogens is 3. The molecule has 1 N–H and O–H groups in total. The molecule has 0 saturated carbocycles. The fraction of sp³-hybridized carbons (Fsp3) is 0.118. The lowest BCUT2D eigenvalue weighted by Gasteiger charge is -2.04. The Kier molecular flexibility index (Phi) is 4.78. The van der Waals surface area contributed by atoms with Gasteiger partial charge < -0.3 is 5.32 Å². The molecule has 8 heteroatoms. The van der Waals surface area contributed by atoms with Crippen LogP contribution in [0.15, 0.2) is 48.7 Å². The number of hydrogen-bond donors (Lipinski definition) is 1. The predicted molar refractivity (Wildman–Crippen MR) is 83.1 cm³/mol. The molecule has 3 rings (SSSR count). The van der Waals surface area contributed by atoms with Crippen molar-refractivity contribution >= 4 is 5.91 Å². The van der Waals surface area contributed by atoms with E-state index in [0.29, 0.717) is 6.54 Å². The minimum atomic E-state index is -0.736. The van der Waals surface area contributed by atoms with Gasteiger partial charge in [0.15, 0.2) is 5.69 Å². The van der Waals surface area contributed by atoms with E-state index in [0.717, 1.165) is 17.7 Å². The maximum atomic E-state index is 13.5. The minimum absolute atomic E-state index is 0.0598. The van der Waals surface area contributed by atoms with E-state index in [1.54, 1.807) is 12.1 Å². The van der Waals surface area contributed by atoms with Crippen molar-refractivity contribution in [1.82, 2.24) is 20.3 Å². The number of hydrogen-bond acceptors (Lipinski definition) is 3. The molecule has 0 aliphatic rings. The largest absolute Gasteiger partial charge is 0.346 e. The molecule has 1 amide bonds. The van der Waals surface area contributed by atoms with E-state index in [9.17, 15) is 18.0 Å². The van der Waals surface area contributed by atoms with Crippen molar-refractivity contribution in [2.24, 2.45) is 0 Å². The molecular formula is C17H13F3N4O. The summed E-state index contributed by atoms with van der Waals surface area (Å²) < 4.78 is 40.7. The van der Waals surface area contributed by atoms with Gasteiger partial charge in [-0.15, -0.1) is 5.10 Å². The third kappa shape index (κ3) is 4.23. The zero-order valence-corrected chi connectivity index (χ0v) is 12.9. The van der Waals surface area contributed by atoms with Crippen LogP contribution in [-0.2, 0) is 13.1 Å². The average molecular weight is 346 g/mol. The molecule has 0 fully saturated rings. The third-order valence-electron chi connectivity index (χ3n) is 3.48. The van der Waals surface area contributed by atoms with Crippen LogP contribution in [0.3, 0.4) is 0 Å². The predicted octanol–water partition coefficient (Wildman–Crippen LogP) is 2.67. The first-order valence-corrected chi connectivity index (χ1v) is 7.38. The Morgan fingerprint density at radius 3 is 2.48 bits per heavy atom. The smallest absolute Gasteiger partial charge is 0.273 e. The summed E-state index contributed by atoms with van der Waals surface area (Å²) in [4.78, 5) is 12.0. The molecule has 3 aromatic rings. The van der Waals surface area contributed by atoms with Crippen molar-refractivity contribution in [2.75, 3.05) is 0 Å². The molecule has 0 atom stereocenters. The van der Waals surface area contributed by atoms with E-state index in [-0.39, 0.29) is 23.6 Å². The van der Waals surface area contributed by atoms with Crippen molar-refractivity contribution in [3.63, 3.8) is 0 Å². The molecule has 1 aromatic heterocycles. The second-order valence-electron chi connectivity index (χ2n) is 5.35. The lowest BCUT2D eigenvalue weighted by atomic mass is 10.2. The van der Waals surface area contributed by atoms with Crippen LogP contribution in [0.5, 0.6) is 0 Å². The van der Waals surface area contributed by atoms with Gasteiger partial charge in [0.2, 0.25) is 0 Å². The highest BCUT2D eigenvalue weighted by atomic mass is 19.1. The minimum Gasteiger partial charge on any atom is -0.346 e. The van der Waals surface area contributed by atoms with Crippen molar-refractivity contribution in [3.8, 4) is 0 Å². The highest BCUT2D eigenvalue weighted by molar-refractivity contribution is 5.91. The number of halogens is 3. The molecule has 1 heterocycles. The van der Waals surface area contributed by atoms with Gasteiger partial charge >= 0.3 is 0 Å². The van der Waals surface area contributed by atoms with Crippen LogP contribution in [-0.4, -0.2) is 20.9 Å². The van der Waals surface area contributed by atoms with Gasteiger partial charge in [0.25, 0.3) is 5.91 Å². The van der Waals surface area contributed by atoms with Gasteiger partial charge in [-0.3, -0.25) is 4.79 Å². The Morgan fingerprint density at radius 2 is 1.76 bits per heavy atom. The van der Waals surface area contributed by atoms with Crippen LogP contribution in [0.4, 0.5) is 13.2 Å². The second-order valence-corrected chi connectivity index (χ2v) is 5.35. The molecule has 2 aromatic carbocycles. The van der Waals surface area contributed by atoms with Crippen LogP contribution in [0.25, 0.3) is 0 Å². The molecule has 128 valence electrons. The van der Waals surface area contributed by atoms with Gasteiger partial charge in [0, 0.05) is 18.2 Å². The number of nitrogens with zero attached hydrogens (tertiary/aromatic N) is 3. The molecule has 0 bridgehead atoms. The van der Waals surface area contributed by atoms with Crippen molar-refractivity contribution in [2.45, 2.75) is 13.1 Å². The lowest BCUT2D eigenvalue weighted by molar-refractivity contribution is 0.0945. The lowest BCUT2D eigenvalue weighted by Crippen LogP contribution is -2.23. The van der Waals surface area contributed by atoms with Gasteiger partial charge in [0.05, 0.1) is 12.7 Å². The number of amides is 1. The number of carbonyl (C=O) groups is 1. The summed E-state index contributed by atoms with van der Waals surface area (Å²) >= 11 is 0.